The molecular weight excluding hydrogens is 304 g/mol. The summed E-state index contributed by atoms with van der Waals surface area (Å²) in [6.45, 7) is 0.0593. The number of aryl methyl sites for hydroxylation is 2. The molecule has 5 nitrogen and oxygen atoms in total. The molecule has 0 fully saturated rings. The summed E-state index contributed by atoms with van der Waals surface area (Å²) in [6.07, 6.45) is 2.73. The van der Waals surface area contributed by atoms with Gasteiger partial charge in [0.05, 0.1) is 0 Å². The van der Waals surface area contributed by atoms with E-state index in [-0.39, 0.29) is 19.1 Å². The van der Waals surface area contributed by atoms with E-state index in [2.05, 4.69) is 16.7 Å². The summed E-state index contributed by atoms with van der Waals surface area (Å²) in [4.78, 5) is 23.5. The second-order valence-electron chi connectivity index (χ2n) is 5.80. The Morgan fingerprint density at radius 1 is 1.00 bits per heavy atom. The zero-order valence-electron chi connectivity index (χ0n) is 13.4. The van der Waals surface area contributed by atoms with Crippen LogP contribution in [0.5, 0.6) is 0 Å². The van der Waals surface area contributed by atoms with Crippen molar-refractivity contribution in [2.75, 3.05) is 11.9 Å². The van der Waals surface area contributed by atoms with Crippen LogP contribution in [0.1, 0.15) is 23.1 Å². The Morgan fingerprint density at radius 2 is 1.79 bits per heavy atom. The fourth-order valence-corrected chi connectivity index (χ4v) is 2.78. The number of carbonyl (C=O) groups excluding carboxylic acids is 2. The second-order valence-corrected chi connectivity index (χ2v) is 5.80. The Kier molecular flexibility index (Phi) is 5.11. The lowest BCUT2D eigenvalue weighted by molar-refractivity contribution is -0.115. The molecule has 0 saturated heterocycles. The molecule has 0 radical (unpaired) electrons. The van der Waals surface area contributed by atoms with Crippen molar-refractivity contribution in [2.24, 2.45) is 0 Å². The summed E-state index contributed by atoms with van der Waals surface area (Å²) in [5.41, 5.74) is 4.31. The van der Waals surface area contributed by atoms with Crippen molar-refractivity contribution < 1.29 is 14.3 Å². The predicted molar refractivity (Wildman–Crippen MR) is 91.7 cm³/mol. The van der Waals surface area contributed by atoms with Crippen molar-refractivity contribution in [2.45, 2.75) is 25.9 Å². The number of carbonyl (C=O) groups is 2. The zero-order valence-corrected chi connectivity index (χ0v) is 13.4. The fraction of sp³-hybridized carbons (Fsp3) is 0.263. The van der Waals surface area contributed by atoms with Gasteiger partial charge in [-0.2, -0.15) is 0 Å². The SMILES string of the molecule is O=C(CNC(=O)OCc1ccccc1)Nc1ccc2c(c1)CCC2. The van der Waals surface area contributed by atoms with Crippen LogP contribution in [-0.4, -0.2) is 18.5 Å². The van der Waals surface area contributed by atoms with Crippen LogP contribution in [0.2, 0.25) is 0 Å². The van der Waals surface area contributed by atoms with Gasteiger partial charge in [0.1, 0.15) is 13.2 Å². The summed E-state index contributed by atoms with van der Waals surface area (Å²) in [5, 5.41) is 5.24. The van der Waals surface area contributed by atoms with Gasteiger partial charge in [-0.25, -0.2) is 4.79 Å². The maximum atomic E-state index is 11.9. The van der Waals surface area contributed by atoms with Crippen LogP contribution in [0.15, 0.2) is 48.5 Å². The Morgan fingerprint density at radius 3 is 2.62 bits per heavy atom. The molecule has 0 aliphatic heterocycles. The molecule has 0 heterocycles. The number of fused-ring (bicyclic) bond motifs is 1. The van der Waals surface area contributed by atoms with Crippen LogP contribution in [0.4, 0.5) is 10.5 Å². The van der Waals surface area contributed by atoms with E-state index in [1.54, 1.807) is 0 Å². The third-order valence-electron chi connectivity index (χ3n) is 3.99. The van der Waals surface area contributed by atoms with E-state index in [9.17, 15) is 9.59 Å². The molecule has 24 heavy (non-hydrogen) atoms. The molecule has 0 aromatic heterocycles. The van der Waals surface area contributed by atoms with Crippen LogP contribution in [-0.2, 0) is 29.0 Å². The van der Waals surface area contributed by atoms with Gasteiger partial charge in [0.15, 0.2) is 0 Å². The average Bonchev–Trinajstić information content (AvgIpc) is 3.07. The molecule has 0 atom stereocenters. The van der Waals surface area contributed by atoms with Crippen LogP contribution >= 0.6 is 0 Å². The molecule has 1 aliphatic carbocycles. The lowest BCUT2D eigenvalue weighted by Gasteiger charge is -2.09. The van der Waals surface area contributed by atoms with Gasteiger partial charge in [-0.05, 0) is 48.1 Å². The van der Waals surface area contributed by atoms with Crippen molar-refractivity contribution in [1.29, 1.82) is 0 Å². The number of hydrogen-bond donors (Lipinski definition) is 2. The van der Waals surface area contributed by atoms with Crippen LogP contribution in [0, 0.1) is 0 Å². The van der Waals surface area contributed by atoms with Crippen LogP contribution < -0.4 is 10.6 Å². The summed E-state index contributed by atoms with van der Waals surface area (Å²) in [6, 6.07) is 15.3. The van der Waals surface area contributed by atoms with E-state index >= 15 is 0 Å². The number of ether oxygens (including phenoxy) is 1. The molecule has 2 aromatic carbocycles. The summed E-state index contributed by atoms with van der Waals surface area (Å²) in [7, 11) is 0. The maximum Gasteiger partial charge on any atom is 0.407 e. The largest absolute Gasteiger partial charge is 0.445 e. The van der Waals surface area contributed by atoms with Gasteiger partial charge in [0.2, 0.25) is 5.91 Å². The highest BCUT2D eigenvalue weighted by molar-refractivity contribution is 5.93. The number of rotatable bonds is 5. The van der Waals surface area contributed by atoms with E-state index in [0.29, 0.717) is 0 Å². The summed E-state index contributed by atoms with van der Waals surface area (Å²) >= 11 is 0. The Balaban J connectivity index is 1.41. The van der Waals surface area contributed by atoms with Gasteiger partial charge in [-0.3, -0.25) is 4.79 Å². The molecule has 2 N–H and O–H groups in total. The van der Waals surface area contributed by atoms with E-state index in [0.717, 1.165) is 24.1 Å². The first-order valence-corrected chi connectivity index (χ1v) is 8.07. The standard InChI is InChI=1S/C19H20N2O3/c22-18(21-17-10-9-15-7-4-8-16(15)11-17)12-20-19(23)24-13-14-5-2-1-3-6-14/h1-3,5-6,9-11H,4,7-8,12-13H2,(H,20,23)(H,21,22). The fourth-order valence-electron chi connectivity index (χ4n) is 2.78. The number of alkyl carbamates (subject to hydrolysis) is 1. The van der Waals surface area contributed by atoms with Crippen LogP contribution in [0.25, 0.3) is 0 Å². The second kappa shape index (κ2) is 7.64. The monoisotopic (exact) mass is 324 g/mol. The molecule has 3 rings (SSSR count). The van der Waals surface area contributed by atoms with Crippen molar-refractivity contribution in [3.63, 3.8) is 0 Å². The first-order valence-electron chi connectivity index (χ1n) is 8.07. The molecule has 1 aliphatic rings. The highest BCUT2D eigenvalue weighted by Gasteiger charge is 2.12. The van der Waals surface area contributed by atoms with Gasteiger partial charge in [0, 0.05) is 5.69 Å². The maximum absolute atomic E-state index is 11.9. The molecule has 5 heteroatoms. The molecule has 0 saturated carbocycles. The normalized spacial score (nSPS) is 12.3. The molecule has 0 bridgehead atoms. The average molecular weight is 324 g/mol. The zero-order chi connectivity index (χ0) is 16.8. The van der Waals surface area contributed by atoms with E-state index in [1.807, 2.05) is 42.5 Å². The number of hydrogen-bond acceptors (Lipinski definition) is 3. The Labute approximate surface area is 141 Å². The number of nitrogens with one attached hydrogen (secondary N) is 2. The van der Waals surface area contributed by atoms with Gasteiger partial charge >= 0.3 is 6.09 Å². The van der Waals surface area contributed by atoms with Gasteiger partial charge < -0.3 is 15.4 Å². The first-order chi connectivity index (χ1) is 11.7. The van der Waals surface area contributed by atoms with Crippen molar-refractivity contribution in [3.8, 4) is 0 Å². The molecular formula is C19H20N2O3. The van der Waals surface area contributed by atoms with Crippen molar-refractivity contribution in [3.05, 3.63) is 65.2 Å². The Bertz CT molecular complexity index is 729. The predicted octanol–water partition coefficient (Wildman–Crippen LogP) is 3.04. The van der Waals surface area contributed by atoms with Crippen molar-refractivity contribution >= 4 is 17.7 Å². The Hall–Kier alpha value is -2.82. The summed E-state index contributed by atoms with van der Waals surface area (Å²) in [5.74, 6) is -0.274. The number of anilines is 1. The minimum absolute atomic E-state index is 0.120. The quantitative estimate of drug-likeness (QED) is 0.888. The third kappa shape index (κ3) is 4.35. The molecule has 0 unspecified atom stereocenters. The molecule has 0 spiro atoms. The van der Waals surface area contributed by atoms with E-state index in [4.69, 9.17) is 4.74 Å². The molecule has 124 valence electrons. The molecule has 2 amide bonds. The van der Waals surface area contributed by atoms with Gasteiger partial charge in [-0.1, -0.05) is 36.4 Å². The van der Waals surface area contributed by atoms with E-state index in [1.165, 1.54) is 17.5 Å². The first kappa shape index (κ1) is 16.1. The minimum atomic E-state index is -0.608. The number of benzene rings is 2. The van der Waals surface area contributed by atoms with E-state index < -0.39 is 6.09 Å². The van der Waals surface area contributed by atoms with Crippen LogP contribution in [0.3, 0.4) is 0 Å². The lowest BCUT2D eigenvalue weighted by Crippen LogP contribution is -2.33. The summed E-state index contributed by atoms with van der Waals surface area (Å²) < 4.78 is 5.06. The van der Waals surface area contributed by atoms with Crippen molar-refractivity contribution in [1.82, 2.24) is 5.32 Å². The number of amides is 2. The third-order valence-corrected chi connectivity index (χ3v) is 3.99. The van der Waals surface area contributed by atoms with Gasteiger partial charge in [0.25, 0.3) is 0 Å². The highest BCUT2D eigenvalue weighted by atomic mass is 16.5. The minimum Gasteiger partial charge on any atom is -0.445 e. The smallest absolute Gasteiger partial charge is 0.407 e. The lowest BCUT2D eigenvalue weighted by atomic mass is 10.1. The topological polar surface area (TPSA) is 67.4 Å². The molecule has 2 aromatic rings. The highest BCUT2D eigenvalue weighted by Crippen LogP contribution is 2.24. The van der Waals surface area contributed by atoms with Gasteiger partial charge in [-0.15, -0.1) is 0 Å².